The van der Waals surface area contributed by atoms with Gasteiger partial charge in [0.25, 0.3) is 0 Å². The number of nitrogen functional groups attached to an aromatic ring is 1. The number of benzene rings is 1. The molecule has 0 fully saturated rings. The molecule has 0 unspecified atom stereocenters. The van der Waals surface area contributed by atoms with Crippen LogP contribution in [0, 0.1) is 12.7 Å². The van der Waals surface area contributed by atoms with E-state index < -0.39 is 0 Å². The van der Waals surface area contributed by atoms with Crippen molar-refractivity contribution in [2.45, 2.75) is 39.7 Å². The predicted octanol–water partition coefficient (Wildman–Crippen LogP) is 3.25. The minimum atomic E-state index is -0.249. The minimum absolute atomic E-state index is 0.249. The van der Waals surface area contributed by atoms with Crippen molar-refractivity contribution in [3.63, 3.8) is 0 Å². The summed E-state index contributed by atoms with van der Waals surface area (Å²) in [5.41, 5.74) is 7.71. The quantitative estimate of drug-likeness (QED) is 0.588. The van der Waals surface area contributed by atoms with Gasteiger partial charge >= 0.3 is 0 Å². The number of halogens is 1. The zero-order valence-electron chi connectivity index (χ0n) is 12.5. The average Bonchev–Trinajstić information content (AvgIpc) is 2.34. The SMILES string of the molecule is Cc1cc(NCCCCN(C)C(C)C)c(N)cc1F. The molecule has 0 aliphatic rings. The highest BCUT2D eigenvalue weighted by Crippen LogP contribution is 2.22. The van der Waals surface area contributed by atoms with Gasteiger partial charge < -0.3 is 16.0 Å². The van der Waals surface area contributed by atoms with E-state index in [1.807, 2.05) is 0 Å². The van der Waals surface area contributed by atoms with Crippen LogP contribution in [0.15, 0.2) is 12.1 Å². The van der Waals surface area contributed by atoms with Crippen molar-refractivity contribution in [2.24, 2.45) is 0 Å². The summed E-state index contributed by atoms with van der Waals surface area (Å²) < 4.78 is 13.3. The maximum Gasteiger partial charge on any atom is 0.128 e. The summed E-state index contributed by atoms with van der Waals surface area (Å²) in [7, 11) is 2.14. The van der Waals surface area contributed by atoms with Gasteiger partial charge in [0.15, 0.2) is 0 Å². The Morgan fingerprint density at radius 3 is 2.63 bits per heavy atom. The van der Waals surface area contributed by atoms with Gasteiger partial charge in [0.05, 0.1) is 11.4 Å². The van der Waals surface area contributed by atoms with Crippen molar-refractivity contribution >= 4 is 11.4 Å². The Kier molecular flexibility index (Phi) is 6.09. The fourth-order valence-corrected chi connectivity index (χ4v) is 1.82. The molecular formula is C15H26FN3. The monoisotopic (exact) mass is 267 g/mol. The van der Waals surface area contributed by atoms with Gasteiger partial charge in [-0.05, 0) is 64.9 Å². The molecule has 3 nitrogen and oxygen atoms in total. The topological polar surface area (TPSA) is 41.3 Å². The molecule has 0 aliphatic carbocycles. The van der Waals surface area contributed by atoms with Gasteiger partial charge in [0, 0.05) is 12.6 Å². The van der Waals surface area contributed by atoms with Gasteiger partial charge in [-0.1, -0.05) is 0 Å². The first kappa shape index (κ1) is 15.8. The zero-order valence-corrected chi connectivity index (χ0v) is 12.5. The van der Waals surface area contributed by atoms with Crippen LogP contribution >= 0.6 is 0 Å². The minimum Gasteiger partial charge on any atom is -0.397 e. The van der Waals surface area contributed by atoms with Gasteiger partial charge in [0.2, 0.25) is 0 Å². The van der Waals surface area contributed by atoms with E-state index in [4.69, 9.17) is 5.73 Å². The van der Waals surface area contributed by atoms with E-state index in [1.54, 1.807) is 13.0 Å². The first-order valence-corrected chi connectivity index (χ1v) is 6.91. The van der Waals surface area contributed by atoms with Crippen LogP contribution in [0.25, 0.3) is 0 Å². The Labute approximate surface area is 116 Å². The first-order valence-electron chi connectivity index (χ1n) is 6.91. The molecule has 0 atom stereocenters. The third kappa shape index (κ3) is 5.07. The Hall–Kier alpha value is -1.29. The van der Waals surface area contributed by atoms with Gasteiger partial charge in [-0.3, -0.25) is 0 Å². The van der Waals surface area contributed by atoms with Crippen LogP contribution in [-0.2, 0) is 0 Å². The molecule has 0 radical (unpaired) electrons. The molecule has 0 amide bonds. The highest BCUT2D eigenvalue weighted by molar-refractivity contribution is 5.67. The van der Waals surface area contributed by atoms with Crippen molar-refractivity contribution in [3.05, 3.63) is 23.5 Å². The maximum atomic E-state index is 13.3. The molecule has 1 aromatic carbocycles. The number of nitrogens with two attached hydrogens (primary N) is 1. The van der Waals surface area contributed by atoms with Crippen molar-refractivity contribution in [1.82, 2.24) is 4.90 Å². The molecule has 19 heavy (non-hydrogen) atoms. The van der Waals surface area contributed by atoms with Gasteiger partial charge in [0.1, 0.15) is 5.82 Å². The van der Waals surface area contributed by atoms with Crippen LogP contribution in [0.4, 0.5) is 15.8 Å². The third-order valence-electron chi connectivity index (χ3n) is 3.47. The standard InChI is InChI=1S/C15H26FN3/c1-11(2)19(4)8-6-5-7-18-15-9-12(3)13(16)10-14(15)17/h9-11,18H,5-8,17H2,1-4H3. The first-order chi connectivity index (χ1) is 8.91. The number of nitrogens with one attached hydrogen (secondary N) is 1. The predicted molar refractivity (Wildman–Crippen MR) is 81.0 cm³/mol. The summed E-state index contributed by atoms with van der Waals surface area (Å²) in [4.78, 5) is 2.33. The van der Waals surface area contributed by atoms with Crippen molar-refractivity contribution < 1.29 is 4.39 Å². The van der Waals surface area contributed by atoms with Crippen molar-refractivity contribution in [1.29, 1.82) is 0 Å². The molecule has 108 valence electrons. The molecule has 0 aliphatic heterocycles. The Balaban J connectivity index is 2.32. The molecule has 0 saturated heterocycles. The second kappa shape index (κ2) is 7.34. The van der Waals surface area contributed by atoms with E-state index in [0.29, 0.717) is 17.3 Å². The van der Waals surface area contributed by atoms with E-state index in [1.165, 1.54) is 6.07 Å². The number of hydrogen-bond acceptors (Lipinski definition) is 3. The van der Waals surface area contributed by atoms with Gasteiger partial charge in [-0.25, -0.2) is 4.39 Å². The Bertz CT molecular complexity index is 405. The van der Waals surface area contributed by atoms with E-state index in [2.05, 4.69) is 31.1 Å². The van der Waals surface area contributed by atoms with Crippen LogP contribution in [0.3, 0.4) is 0 Å². The molecule has 0 heterocycles. The van der Waals surface area contributed by atoms with Crippen molar-refractivity contribution in [2.75, 3.05) is 31.2 Å². The van der Waals surface area contributed by atoms with E-state index in [0.717, 1.165) is 31.6 Å². The van der Waals surface area contributed by atoms with Crippen LogP contribution < -0.4 is 11.1 Å². The molecular weight excluding hydrogens is 241 g/mol. The molecule has 0 saturated carbocycles. The zero-order chi connectivity index (χ0) is 14.4. The smallest absolute Gasteiger partial charge is 0.128 e. The fraction of sp³-hybridized carbons (Fsp3) is 0.600. The third-order valence-corrected chi connectivity index (χ3v) is 3.47. The highest BCUT2D eigenvalue weighted by atomic mass is 19.1. The summed E-state index contributed by atoms with van der Waals surface area (Å²) in [6, 6.07) is 3.73. The number of anilines is 2. The highest BCUT2D eigenvalue weighted by Gasteiger charge is 2.05. The summed E-state index contributed by atoms with van der Waals surface area (Å²) in [5, 5.41) is 3.27. The Morgan fingerprint density at radius 1 is 1.32 bits per heavy atom. The molecule has 1 rings (SSSR count). The van der Waals surface area contributed by atoms with E-state index in [-0.39, 0.29) is 5.82 Å². The second-order valence-electron chi connectivity index (χ2n) is 5.40. The number of hydrogen-bond donors (Lipinski definition) is 2. The Morgan fingerprint density at radius 2 is 2.00 bits per heavy atom. The summed E-state index contributed by atoms with van der Waals surface area (Å²) >= 11 is 0. The number of rotatable bonds is 7. The second-order valence-corrected chi connectivity index (χ2v) is 5.40. The fourth-order valence-electron chi connectivity index (χ4n) is 1.82. The average molecular weight is 267 g/mol. The van der Waals surface area contributed by atoms with Crippen LogP contribution in [-0.4, -0.2) is 31.1 Å². The van der Waals surface area contributed by atoms with E-state index >= 15 is 0 Å². The lowest BCUT2D eigenvalue weighted by Gasteiger charge is -2.20. The van der Waals surface area contributed by atoms with Gasteiger partial charge in [-0.2, -0.15) is 0 Å². The van der Waals surface area contributed by atoms with Crippen molar-refractivity contribution in [3.8, 4) is 0 Å². The summed E-state index contributed by atoms with van der Waals surface area (Å²) in [5.74, 6) is -0.249. The summed E-state index contributed by atoms with van der Waals surface area (Å²) in [6.07, 6.45) is 2.22. The lowest BCUT2D eigenvalue weighted by molar-refractivity contribution is 0.269. The molecule has 0 bridgehead atoms. The van der Waals surface area contributed by atoms with Gasteiger partial charge in [-0.15, -0.1) is 0 Å². The normalized spacial score (nSPS) is 11.3. The maximum absolute atomic E-state index is 13.3. The van der Waals surface area contributed by atoms with Crippen LogP contribution in [0.5, 0.6) is 0 Å². The van der Waals surface area contributed by atoms with Crippen LogP contribution in [0.1, 0.15) is 32.3 Å². The lowest BCUT2D eigenvalue weighted by Crippen LogP contribution is -2.27. The molecule has 1 aromatic rings. The molecule has 0 aromatic heterocycles. The largest absolute Gasteiger partial charge is 0.397 e. The number of unbranched alkanes of at least 4 members (excludes halogenated alkanes) is 1. The molecule has 0 spiro atoms. The lowest BCUT2D eigenvalue weighted by atomic mass is 10.1. The summed E-state index contributed by atoms with van der Waals surface area (Å²) in [6.45, 7) is 8.09. The molecule has 3 N–H and O–H groups in total. The van der Waals surface area contributed by atoms with E-state index in [9.17, 15) is 4.39 Å². The number of aryl methyl sites for hydroxylation is 1. The molecule has 4 heteroatoms. The number of nitrogens with zero attached hydrogens (tertiary/aromatic N) is 1. The van der Waals surface area contributed by atoms with Crippen LogP contribution in [0.2, 0.25) is 0 Å².